The Kier molecular flexibility index (Phi) is 11.9. The molecule has 0 spiro atoms. The average Bonchev–Trinajstić information content (AvgIpc) is 3.95. The van der Waals surface area contributed by atoms with Crippen molar-refractivity contribution in [2.75, 3.05) is 50.3 Å². The number of halogens is 2. The van der Waals surface area contributed by atoms with Gasteiger partial charge in [0.15, 0.2) is 23.1 Å². The van der Waals surface area contributed by atoms with Gasteiger partial charge in [0.1, 0.15) is 17.0 Å². The molecule has 1 aromatic heterocycles. The van der Waals surface area contributed by atoms with Crippen LogP contribution in [0.5, 0.6) is 23.0 Å². The second-order valence-corrected chi connectivity index (χ2v) is 15.2. The van der Waals surface area contributed by atoms with Crippen LogP contribution < -0.4 is 30.2 Å². The van der Waals surface area contributed by atoms with Gasteiger partial charge in [0.25, 0.3) is 0 Å². The number of methoxy groups -OCH3 is 1. The Bertz CT molecular complexity index is 1990. The fourth-order valence-corrected chi connectivity index (χ4v) is 8.28. The summed E-state index contributed by atoms with van der Waals surface area (Å²) < 4.78 is 70.6. The number of hydrogen-bond acceptors (Lipinski definition) is 10. The molecular weight excluding hydrogens is 709 g/mol. The van der Waals surface area contributed by atoms with Crippen molar-refractivity contribution in [2.24, 2.45) is 11.3 Å². The Morgan fingerprint density at radius 3 is 2.26 bits per heavy atom. The lowest BCUT2D eigenvalue weighted by atomic mass is 9.94. The van der Waals surface area contributed by atoms with Crippen LogP contribution in [0.15, 0.2) is 66.9 Å². The summed E-state index contributed by atoms with van der Waals surface area (Å²) in [6.45, 7) is 5.36. The van der Waals surface area contributed by atoms with E-state index in [4.69, 9.17) is 23.3 Å². The van der Waals surface area contributed by atoms with Gasteiger partial charge in [-0.1, -0.05) is 0 Å². The molecule has 3 N–H and O–H groups in total. The molecule has 1 aliphatic carbocycles. The van der Waals surface area contributed by atoms with Gasteiger partial charge in [0, 0.05) is 41.1 Å². The van der Waals surface area contributed by atoms with Gasteiger partial charge in [0.2, 0.25) is 11.8 Å². The maximum atomic E-state index is 15.4. The van der Waals surface area contributed by atoms with Crippen LogP contribution in [0, 0.1) is 23.0 Å². The number of amides is 2. The van der Waals surface area contributed by atoms with Crippen LogP contribution >= 0.6 is 7.60 Å². The van der Waals surface area contributed by atoms with Gasteiger partial charge in [-0.05, 0) is 101 Å². The molecule has 1 saturated carbocycles. The number of hydrogen-bond donors (Lipinski definition) is 3. The summed E-state index contributed by atoms with van der Waals surface area (Å²) >= 11 is 0. The van der Waals surface area contributed by atoms with E-state index in [1.165, 1.54) is 43.5 Å². The topological polar surface area (TPSA) is 146 Å². The monoisotopic (exact) mass is 752 g/mol. The molecule has 2 amide bonds. The molecule has 2 atom stereocenters. The summed E-state index contributed by atoms with van der Waals surface area (Å²) in [6.07, 6.45) is 4.09. The van der Waals surface area contributed by atoms with Crippen molar-refractivity contribution in [3.63, 3.8) is 0 Å². The molecule has 2 fully saturated rings. The molecule has 2 heterocycles. The Morgan fingerprint density at radius 1 is 0.906 bits per heavy atom. The number of aromatic nitrogens is 1. The van der Waals surface area contributed by atoms with Gasteiger partial charge in [0.05, 0.1) is 38.6 Å². The van der Waals surface area contributed by atoms with Crippen molar-refractivity contribution < 1.29 is 46.2 Å². The highest BCUT2D eigenvalue weighted by atomic mass is 31.2. The molecule has 1 saturated heterocycles. The third kappa shape index (κ3) is 9.13. The third-order valence-corrected chi connectivity index (χ3v) is 11.5. The molecule has 15 heteroatoms. The van der Waals surface area contributed by atoms with Crippen LogP contribution in [0.2, 0.25) is 0 Å². The van der Waals surface area contributed by atoms with Crippen LogP contribution in [-0.2, 0) is 23.2 Å². The van der Waals surface area contributed by atoms with Crippen LogP contribution in [0.3, 0.4) is 0 Å². The molecule has 282 valence electrons. The second-order valence-electron chi connectivity index (χ2n) is 13.1. The third-order valence-electron chi connectivity index (χ3n) is 9.29. The number of nitrogens with zero attached hydrogens (tertiary/aromatic N) is 1. The molecule has 1 aliphatic heterocycles. The zero-order chi connectivity index (χ0) is 37.6. The summed E-state index contributed by atoms with van der Waals surface area (Å²) in [5.74, 6) is -0.927. The average molecular weight is 753 g/mol. The molecular formula is C38H43F2N4O8P. The Balaban J connectivity index is 1.09. The molecule has 2 unspecified atom stereocenters. The number of benzene rings is 3. The molecule has 3 aromatic carbocycles. The van der Waals surface area contributed by atoms with Crippen LogP contribution in [0.4, 0.5) is 20.2 Å². The first-order valence-corrected chi connectivity index (χ1v) is 19.3. The number of piperidine rings is 1. The van der Waals surface area contributed by atoms with Gasteiger partial charge < -0.3 is 39.2 Å². The smallest absolute Gasteiger partial charge is 0.332 e. The number of nitrogens with one attached hydrogen (secondary N) is 3. The largest absolute Gasteiger partial charge is 0.493 e. The van der Waals surface area contributed by atoms with E-state index >= 15 is 4.39 Å². The lowest BCUT2D eigenvalue weighted by molar-refractivity contribution is -0.131. The molecule has 6 rings (SSSR count). The molecule has 12 nitrogen and oxygen atoms in total. The van der Waals surface area contributed by atoms with Crippen LogP contribution in [0.25, 0.3) is 10.9 Å². The van der Waals surface area contributed by atoms with Crippen molar-refractivity contribution in [3.8, 4) is 23.0 Å². The van der Waals surface area contributed by atoms with Crippen molar-refractivity contribution in [3.05, 3.63) is 78.5 Å². The van der Waals surface area contributed by atoms with E-state index in [2.05, 4.69) is 20.9 Å². The minimum Gasteiger partial charge on any atom is -0.493 e. The maximum absolute atomic E-state index is 15.4. The Morgan fingerprint density at radius 2 is 1.60 bits per heavy atom. The summed E-state index contributed by atoms with van der Waals surface area (Å²) in [7, 11) is -1.67. The first-order chi connectivity index (χ1) is 25.5. The highest BCUT2D eigenvalue weighted by molar-refractivity contribution is 7.53. The zero-order valence-electron chi connectivity index (χ0n) is 29.8. The lowest BCUT2D eigenvalue weighted by Gasteiger charge is -2.32. The van der Waals surface area contributed by atoms with Crippen molar-refractivity contribution >= 4 is 41.7 Å². The first kappa shape index (κ1) is 38.1. The summed E-state index contributed by atoms with van der Waals surface area (Å²) in [6, 6.07) is 14.3. The van der Waals surface area contributed by atoms with Crippen molar-refractivity contribution in [2.45, 2.75) is 45.6 Å². The predicted octanol–water partition coefficient (Wildman–Crippen LogP) is 7.68. The van der Waals surface area contributed by atoms with E-state index in [9.17, 15) is 18.5 Å². The number of rotatable bonds is 16. The number of pyridine rings is 1. The summed E-state index contributed by atoms with van der Waals surface area (Å²) in [4.78, 5) is 30.5. The standard InChI is InChI=1S/C38H43F2N4O8P/c1-4-50-53(47,51-5-2)23-28-18-24(12-16-41-28)22-49-35-21-31-29(20-34(35)48-3)32(13-17-42-31)52-33-11-10-27(19-30(33)40)44-37(46)38(14-15-38)36(45)43-26-8-6-25(39)7-9-26/h6-11,13,17,19-21,24,28,41H,4-5,12,14-16,18,22-23H2,1-3H3,(H,43,45)(H,44,46). The summed E-state index contributed by atoms with van der Waals surface area (Å²) in [5.41, 5.74) is -0.243. The Hall–Kier alpha value is -4.62. The highest BCUT2D eigenvalue weighted by Gasteiger charge is 2.56. The van der Waals surface area contributed by atoms with Gasteiger partial charge in [-0.15, -0.1) is 0 Å². The van der Waals surface area contributed by atoms with Gasteiger partial charge >= 0.3 is 7.60 Å². The second kappa shape index (κ2) is 16.6. The highest BCUT2D eigenvalue weighted by Crippen LogP contribution is 2.50. The minimum atomic E-state index is -3.20. The van der Waals surface area contributed by atoms with Crippen molar-refractivity contribution in [1.82, 2.24) is 10.3 Å². The van der Waals surface area contributed by atoms with E-state index < -0.39 is 36.5 Å². The molecule has 2 aliphatic rings. The van der Waals surface area contributed by atoms with Crippen LogP contribution in [-0.4, -0.2) is 62.5 Å². The minimum absolute atomic E-state index is 0.0396. The Labute approximate surface area is 306 Å². The van der Waals surface area contributed by atoms with E-state index in [-0.39, 0.29) is 29.6 Å². The van der Waals surface area contributed by atoms with E-state index in [1.54, 1.807) is 38.2 Å². The maximum Gasteiger partial charge on any atom is 0.332 e. The molecule has 53 heavy (non-hydrogen) atoms. The lowest BCUT2D eigenvalue weighted by Crippen LogP contribution is -2.42. The fourth-order valence-electron chi connectivity index (χ4n) is 6.39. The number of ether oxygens (including phenoxy) is 3. The van der Waals surface area contributed by atoms with Gasteiger partial charge in [-0.2, -0.15) is 0 Å². The fraction of sp³-hybridized carbons (Fsp3) is 0.395. The SMILES string of the molecule is CCOP(=O)(CC1CC(COc2cc3nccc(Oc4ccc(NC(=O)C5(C(=O)Nc6ccc(F)cc6)CC5)cc4F)c3cc2OC)CCN1)OCC. The number of carbonyl (C=O) groups is 2. The number of anilines is 2. The number of fused-ring (bicyclic) bond motifs is 1. The van der Waals surface area contributed by atoms with E-state index in [1.807, 2.05) is 0 Å². The normalized spacial score (nSPS) is 17.9. The van der Waals surface area contributed by atoms with E-state index in [0.29, 0.717) is 66.5 Å². The van der Waals surface area contributed by atoms with Crippen molar-refractivity contribution in [1.29, 1.82) is 0 Å². The van der Waals surface area contributed by atoms with Gasteiger partial charge in [-0.25, -0.2) is 8.78 Å². The molecule has 4 aromatic rings. The molecule has 0 radical (unpaired) electrons. The summed E-state index contributed by atoms with van der Waals surface area (Å²) in [5, 5.41) is 9.27. The number of carbonyl (C=O) groups excluding carboxylic acids is 2. The predicted molar refractivity (Wildman–Crippen MR) is 196 cm³/mol. The quantitative estimate of drug-likeness (QED) is 0.0770. The zero-order valence-corrected chi connectivity index (χ0v) is 30.7. The van der Waals surface area contributed by atoms with Gasteiger partial charge in [-0.3, -0.25) is 19.1 Å². The van der Waals surface area contributed by atoms with Crippen LogP contribution in [0.1, 0.15) is 39.5 Å². The van der Waals surface area contributed by atoms with E-state index in [0.717, 1.165) is 25.5 Å². The molecule has 0 bridgehead atoms. The first-order valence-electron chi connectivity index (χ1n) is 17.6.